The molecule has 0 heterocycles. The highest BCUT2D eigenvalue weighted by Gasteiger charge is 2.24. The zero-order chi connectivity index (χ0) is 20.4. The van der Waals surface area contributed by atoms with E-state index >= 15 is 0 Å². The van der Waals surface area contributed by atoms with Crippen LogP contribution in [0.5, 0.6) is 23.0 Å². The van der Waals surface area contributed by atoms with Crippen molar-refractivity contribution in [1.29, 1.82) is 0 Å². The van der Waals surface area contributed by atoms with Crippen LogP contribution in [-0.2, 0) is 0 Å². The quantitative estimate of drug-likeness (QED) is 0.446. The molecule has 144 valence electrons. The number of benzene rings is 3. The lowest BCUT2D eigenvalue weighted by atomic mass is 9.85. The van der Waals surface area contributed by atoms with Crippen molar-refractivity contribution in [3.8, 4) is 23.0 Å². The fourth-order valence-electron chi connectivity index (χ4n) is 3.39. The standard InChI is InChI=1S/C24H24O4/c1-4-16-5-7-17(8-6-16)14(2)20-13-21(23(27)24(28)22(20)26)15(3)18-9-11-19(25)12-10-18/h4-15,25-28H,1H2,2-3H3. The Kier molecular flexibility index (Phi) is 5.32. The molecule has 3 aromatic carbocycles. The van der Waals surface area contributed by atoms with Crippen molar-refractivity contribution >= 4 is 6.08 Å². The fraction of sp³-hybridized carbons (Fsp3) is 0.167. The molecular formula is C24H24O4. The van der Waals surface area contributed by atoms with E-state index in [1.165, 1.54) is 0 Å². The first-order valence-electron chi connectivity index (χ1n) is 9.12. The van der Waals surface area contributed by atoms with Crippen LogP contribution in [0.1, 0.15) is 53.5 Å². The molecule has 0 saturated carbocycles. The maximum atomic E-state index is 10.5. The van der Waals surface area contributed by atoms with Gasteiger partial charge >= 0.3 is 0 Å². The molecule has 28 heavy (non-hydrogen) atoms. The maximum absolute atomic E-state index is 10.5. The van der Waals surface area contributed by atoms with E-state index in [2.05, 4.69) is 6.58 Å². The van der Waals surface area contributed by atoms with Crippen LogP contribution in [0, 0.1) is 0 Å². The van der Waals surface area contributed by atoms with Gasteiger partial charge < -0.3 is 20.4 Å². The Morgan fingerprint density at radius 2 is 1.11 bits per heavy atom. The molecule has 0 fully saturated rings. The highest BCUT2D eigenvalue weighted by atomic mass is 16.3. The zero-order valence-electron chi connectivity index (χ0n) is 15.9. The molecule has 4 nitrogen and oxygen atoms in total. The van der Waals surface area contributed by atoms with Gasteiger partial charge in [-0.2, -0.15) is 0 Å². The summed E-state index contributed by atoms with van der Waals surface area (Å²) in [4.78, 5) is 0. The highest BCUT2D eigenvalue weighted by molar-refractivity contribution is 5.62. The molecule has 4 N–H and O–H groups in total. The van der Waals surface area contributed by atoms with Crippen molar-refractivity contribution < 1.29 is 20.4 Å². The Labute approximate surface area is 164 Å². The van der Waals surface area contributed by atoms with Crippen LogP contribution in [-0.4, -0.2) is 20.4 Å². The normalized spacial score (nSPS) is 13.1. The number of hydrogen-bond donors (Lipinski definition) is 4. The summed E-state index contributed by atoms with van der Waals surface area (Å²) < 4.78 is 0. The third-order valence-corrected chi connectivity index (χ3v) is 5.30. The summed E-state index contributed by atoms with van der Waals surface area (Å²) in [7, 11) is 0. The van der Waals surface area contributed by atoms with Gasteiger partial charge in [-0.3, -0.25) is 0 Å². The van der Waals surface area contributed by atoms with Gasteiger partial charge in [0.2, 0.25) is 5.75 Å². The minimum Gasteiger partial charge on any atom is -0.508 e. The summed E-state index contributed by atoms with van der Waals surface area (Å²) in [6, 6.07) is 16.2. The van der Waals surface area contributed by atoms with Crippen molar-refractivity contribution in [2.24, 2.45) is 0 Å². The van der Waals surface area contributed by atoms with Crippen LogP contribution in [0.4, 0.5) is 0 Å². The SMILES string of the molecule is C=Cc1ccc(C(C)c2cc(C(C)c3ccc(O)cc3)c(O)c(O)c2O)cc1. The minimum absolute atomic E-state index is 0.158. The second kappa shape index (κ2) is 7.69. The number of aromatic hydroxyl groups is 4. The minimum atomic E-state index is -0.521. The summed E-state index contributed by atoms with van der Waals surface area (Å²) in [6.45, 7) is 7.58. The number of hydrogen-bond acceptors (Lipinski definition) is 4. The van der Waals surface area contributed by atoms with Crippen LogP contribution in [0.15, 0.2) is 61.2 Å². The maximum Gasteiger partial charge on any atom is 0.200 e. The Bertz CT molecular complexity index is 989. The predicted molar refractivity (Wildman–Crippen MR) is 111 cm³/mol. The molecule has 0 aliphatic carbocycles. The monoisotopic (exact) mass is 376 g/mol. The van der Waals surface area contributed by atoms with Gasteiger partial charge in [-0.1, -0.05) is 62.9 Å². The van der Waals surface area contributed by atoms with E-state index < -0.39 is 5.75 Å². The van der Waals surface area contributed by atoms with E-state index in [4.69, 9.17) is 0 Å². The lowest BCUT2D eigenvalue weighted by molar-refractivity contribution is 0.360. The Balaban J connectivity index is 2.06. The van der Waals surface area contributed by atoms with Gasteiger partial charge in [0.25, 0.3) is 0 Å². The van der Waals surface area contributed by atoms with Gasteiger partial charge in [0.15, 0.2) is 11.5 Å². The molecule has 2 atom stereocenters. The van der Waals surface area contributed by atoms with Crippen molar-refractivity contribution in [3.63, 3.8) is 0 Å². The first kappa shape index (κ1) is 19.4. The summed E-state index contributed by atoms with van der Waals surface area (Å²) in [5, 5.41) is 40.7. The predicted octanol–water partition coefficient (Wildman–Crippen LogP) is 5.46. The average molecular weight is 376 g/mol. The molecule has 3 aromatic rings. The lowest BCUT2D eigenvalue weighted by Gasteiger charge is -2.21. The van der Waals surface area contributed by atoms with E-state index in [1.807, 2.05) is 38.1 Å². The third-order valence-electron chi connectivity index (χ3n) is 5.30. The van der Waals surface area contributed by atoms with Gasteiger partial charge in [-0.25, -0.2) is 0 Å². The molecule has 4 heteroatoms. The summed E-state index contributed by atoms with van der Waals surface area (Å²) >= 11 is 0. The Hall–Kier alpha value is -3.40. The van der Waals surface area contributed by atoms with Crippen molar-refractivity contribution in [3.05, 3.63) is 89.0 Å². The molecule has 0 aliphatic rings. The van der Waals surface area contributed by atoms with Crippen LogP contribution in [0.25, 0.3) is 6.08 Å². The molecule has 0 bridgehead atoms. The van der Waals surface area contributed by atoms with Crippen molar-refractivity contribution in [1.82, 2.24) is 0 Å². The molecule has 0 amide bonds. The zero-order valence-corrected chi connectivity index (χ0v) is 15.9. The fourth-order valence-corrected chi connectivity index (χ4v) is 3.39. The molecule has 0 aromatic heterocycles. The Morgan fingerprint density at radius 3 is 1.54 bits per heavy atom. The van der Waals surface area contributed by atoms with Crippen LogP contribution >= 0.6 is 0 Å². The van der Waals surface area contributed by atoms with E-state index in [0.717, 1.165) is 16.7 Å². The van der Waals surface area contributed by atoms with Gasteiger partial charge in [0.05, 0.1) is 0 Å². The van der Waals surface area contributed by atoms with Gasteiger partial charge in [0, 0.05) is 23.0 Å². The van der Waals surface area contributed by atoms with E-state index in [0.29, 0.717) is 11.1 Å². The second-order valence-corrected chi connectivity index (χ2v) is 7.01. The number of rotatable bonds is 5. The van der Waals surface area contributed by atoms with Crippen LogP contribution in [0.2, 0.25) is 0 Å². The molecular weight excluding hydrogens is 352 g/mol. The molecule has 0 aliphatic heterocycles. The van der Waals surface area contributed by atoms with Crippen molar-refractivity contribution in [2.45, 2.75) is 25.7 Å². The number of phenols is 4. The largest absolute Gasteiger partial charge is 0.508 e. The average Bonchev–Trinajstić information content (AvgIpc) is 2.72. The third kappa shape index (κ3) is 3.54. The van der Waals surface area contributed by atoms with E-state index in [1.54, 1.807) is 36.4 Å². The lowest BCUT2D eigenvalue weighted by Crippen LogP contribution is -2.02. The first-order chi connectivity index (χ1) is 13.3. The van der Waals surface area contributed by atoms with Crippen molar-refractivity contribution in [2.75, 3.05) is 0 Å². The van der Waals surface area contributed by atoms with Crippen LogP contribution < -0.4 is 0 Å². The highest BCUT2D eigenvalue weighted by Crippen LogP contribution is 2.47. The van der Waals surface area contributed by atoms with Gasteiger partial charge in [-0.15, -0.1) is 0 Å². The molecule has 0 spiro atoms. The van der Waals surface area contributed by atoms with E-state index in [-0.39, 0.29) is 29.1 Å². The topological polar surface area (TPSA) is 80.9 Å². The number of phenolic OH excluding ortho intramolecular Hbond substituents is 4. The van der Waals surface area contributed by atoms with Gasteiger partial charge in [-0.05, 0) is 34.9 Å². The second-order valence-electron chi connectivity index (χ2n) is 7.01. The smallest absolute Gasteiger partial charge is 0.200 e. The van der Waals surface area contributed by atoms with Gasteiger partial charge in [0.1, 0.15) is 5.75 Å². The molecule has 2 unspecified atom stereocenters. The summed E-state index contributed by atoms with van der Waals surface area (Å²) in [5.74, 6) is -1.47. The molecule has 0 radical (unpaired) electrons. The van der Waals surface area contributed by atoms with E-state index in [9.17, 15) is 20.4 Å². The molecule has 3 rings (SSSR count). The first-order valence-corrected chi connectivity index (χ1v) is 9.12. The Morgan fingerprint density at radius 1 is 0.679 bits per heavy atom. The van der Waals surface area contributed by atoms with Crippen LogP contribution in [0.3, 0.4) is 0 Å². The molecule has 0 saturated heterocycles. The summed E-state index contributed by atoms with van der Waals surface area (Å²) in [6.07, 6.45) is 1.76. The summed E-state index contributed by atoms with van der Waals surface area (Å²) in [5.41, 5.74) is 3.87.